The van der Waals surface area contributed by atoms with E-state index >= 15 is 0 Å². The zero-order valence-corrected chi connectivity index (χ0v) is 7.99. The molecule has 0 bridgehead atoms. The van der Waals surface area contributed by atoms with Crippen molar-refractivity contribution < 1.29 is 0 Å². The molecule has 0 aliphatic rings. The highest BCUT2D eigenvalue weighted by atomic mass is 15.3. The zero-order valence-electron chi connectivity index (χ0n) is 7.99. The highest BCUT2D eigenvalue weighted by Crippen LogP contribution is 2.08. The average Bonchev–Trinajstić information content (AvgIpc) is 2.67. The van der Waals surface area contributed by atoms with Gasteiger partial charge >= 0.3 is 0 Å². The molecule has 0 aliphatic heterocycles. The number of rotatable bonds is 4. The minimum atomic E-state index is -0.452. The normalized spacial score (nSPS) is 14.8. The van der Waals surface area contributed by atoms with Gasteiger partial charge in [0.2, 0.25) is 0 Å². The molecule has 0 amide bonds. The maximum absolute atomic E-state index is 8.87. The molecule has 1 heterocycles. The molecule has 0 radical (unpaired) electrons. The molecule has 1 aromatic heterocycles. The molecular formula is C9H14N4. The van der Waals surface area contributed by atoms with E-state index < -0.39 is 5.54 Å². The van der Waals surface area contributed by atoms with E-state index in [-0.39, 0.29) is 0 Å². The third kappa shape index (κ3) is 2.56. The molecule has 4 heteroatoms. The van der Waals surface area contributed by atoms with Gasteiger partial charge in [-0.05, 0) is 26.5 Å². The monoisotopic (exact) mass is 178 g/mol. The lowest BCUT2D eigenvalue weighted by molar-refractivity contribution is 0.408. The highest BCUT2D eigenvalue weighted by Gasteiger charge is 2.20. The van der Waals surface area contributed by atoms with Crippen LogP contribution in [0.3, 0.4) is 0 Å². The molecule has 0 saturated carbocycles. The van der Waals surface area contributed by atoms with Crippen LogP contribution < -0.4 is 5.32 Å². The first kappa shape index (κ1) is 9.75. The molecule has 1 N–H and O–H groups in total. The number of nitriles is 1. The molecule has 13 heavy (non-hydrogen) atoms. The average molecular weight is 178 g/mol. The van der Waals surface area contributed by atoms with E-state index in [0.29, 0.717) is 0 Å². The Morgan fingerprint density at radius 1 is 1.69 bits per heavy atom. The van der Waals surface area contributed by atoms with Crippen molar-refractivity contribution in [3.8, 4) is 6.07 Å². The Balaban J connectivity index is 2.47. The Kier molecular flexibility index (Phi) is 3.04. The van der Waals surface area contributed by atoms with Gasteiger partial charge in [-0.2, -0.15) is 10.4 Å². The molecule has 0 aliphatic carbocycles. The van der Waals surface area contributed by atoms with E-state index in [2.05, 4.69) is 16.5 Å². The number of hydrogen-bond acceptors (Lipinski definition) is 3. The standard InChI is InChI=1S/C9H14N4/c1-9(8-10,11-2)4-7-13-6-3-5-12-13/h3,5-6,11H,4,7H2,1-2H3. The van der Waals surface area contributed by atoms with Gasteiger partial charge < -0.3 is 5.32 Å². The van der Waals surface area contributed by atoms with Crippen molar-refractivity contribution in [1.82, 2.24) is 15.1 Å². The summed E-state index contributed by atoms with van der Waals surface area (Å²) in [7, 11) is 1.80. The van der Waals surface area contributed by atoms with Gasteiger partial charge in [-0.25, -0.2) is 0 Å². The highest BCUT2D eigenvalue weighted by molar-refractivity contribution is 5.02. The smallest absolute Gasteiger partial charge is 0.105 e. The van der Waals surface area contributed by atoms with Crippen LogP contribution >= 0.6 is 0 Å². The van der Waals surface area contributed by atoms with Crippen LogP contribution in [0.1, 0.15) is 13.3 Å². The summed E-state index contributed by atoms with van der Waals surface area (Å²) in [4.78, 5) is 0. The first-order valence-electron chi connectivity index (χ1n) is 4.28. The van der Waals surface area contributed by atoms with Crippen molar-refractivity contribution in [2.75, 3.05) is 7.05 Å². The maximum Gasteiger partial charge on any atom is 0.105 e. The summed E-state index contributed by atoms with van der Waals surface area (Å²) in [6, 6.07) is 4.12. The minimum Gasteiger partial charge on any atom is -0.303 e. The predicted molar refractivity (Wildman–Crippen MR) is 49.9 cm³/mol. The van der Waals surface area contributed by atoms with Gasteiger partial charge in [0.1, 0.15) is 5.54 Å². The van der Waals surface area contributed by atoms with E-state index in [0.717, 1.165) is 13.0 Å². The summed E-state index contributed by atoms with van der Waals surface area (Å²) in [5.41, 5.74) is -0.452. The first-order chi connectivity index (χ1) is 6.20. The molecule has 0 fully saturated rings. The van der Waals surface area contributed by atoms with Gasteiger partial charge in [0, 0.05) is 18.9 Å². The molecule has 1 rings (SSSR count). The molecule has 4 nitrogen and oxygen atoms in total. The Hall–Kier alpha value is -1.34. The van der Waals surface area contributed by atoms with Crippen LogP contribution in [0.15, 0.2) is 18.5 Å². The second-order valence-corrected chi connectivity index (χ2v) is 3.21. The van der Waals surface area contributed by atoms with Crippen LogP contribution in [0.4, 0.5) is 0 Å². The maximum atomic E-state index is 8.87. The fourth-order valence-corrected chi connectivity index (χ4v) is 1.01. The van der Waals surface area contributed by atoms with E-state index in [4.69, 9.17) is 5.26 Å². The quantitative estimate of drug-likeness (QED) is 0.741. The lowest BCUT2D eigenvalue weighted by atomic mass is 10.0. The Morgan fingerprint density at radius 3 is 2.92 bits per heavy atom. The van der Waals surface area contributed by atoms with E-state index in [1.54, 1.807) is 13.2 Å². The topological polar surface area (TPSA) is 53.6 Å². The van der Waals surface area contributed by atoms with Gasteiger partial charge in [0.15, 0.2) is 0 Å². The molecule has 0 spiro atoms. The summed E-state index contributed by atoms with van der Waals surface area (Å²) < 4.78 is 1.83. The molecule has 1 atom stereocenters. The number of nitrogens with one attached hydrogen (secondary N) is 1. The van der Waals surface area contributed by atoms with E-state index in [1.165, 1.54) is 0 Å². The lowest BCUT2D eigenvalue weighted by Gasteiger charge is -2.20. The second kappa shape index (κ2) is 4.06. The molecule has 0 saturated heterocycles. The lowest BCUT2D eigenvalue weighted by Crippen LogP contribution is -2.39. The van der Waals surface area contributed by atoms with Crippen LogP contribution in [0.2, 0.25) is 0 Å². The van der Waals surface area contributed by atoms with Gasteiger partial charge in [0.25, 0.3) is 0 Å². The van der Waals surface area contributed by atoms with Crippen molar-refractivity contribution in [3.63, 3.8) is 0 Å². The number of hydrogen-bond donors (Lipinski definition) is 1. The van der Waals surface area contributed by atoms with Crippen molar-refractivity contribution >= 4 is 0 Å². The fourth-order valence-electron chi connectivity index (χ4n) is 1.01. The van der Waals surface area contributed by atoms with Gasteiger partial charge in [-0.3, -0.25) is 4.68 Å². The van der Waals surface area contributed by atoms with Crippen molar-refractivity contribution in [3.05, 3.63) is 18.5 Å². The van der Waals surface area contributed by atoms with Crippen molar-refractivity contribution in [1.29, 1.82) is 5.26 Å². The van der Waals surface area contributed by atoms with Crippen LogP contribution in [0, 0.1) is 11.3 Å². The van der Waals surface area contributed by atoms with Crippen LogP contribution in [0.5, 0.6) is 0 Å². The van der Waals surface area contributed by atoms with Crippen LogP contribution in [-0.2, 0) is 6.54 Å². The largest absolute Gasteiger partial charge is 0.303 e. The number of aromatic nitrogens is 2. The van der Waals surface area contributed by atoms with E-state index in [9.17, 15) is 0 Å². The SMILES string of the molecule is CNC(C)(C#N)CCn1cccn1. The summed E-state index contributed by atoms with van der Waals surface area (Å²) in [5.74, 6) is 0. The van der Waals surface area contributed by atoms with Crippen molar-refractivity contribution in [2.45, 2.75) is 25.4 Å². The Morgan fingerprint density at radius 2 is 2.46 bits per heavy atom. The van der Waals surface area contributed by atoms with Crippen LogP contribution in [-0.4, -0.2) is 22.4 Å². The zero-order chi connectivity index (χ0) is 9.73. The Labute approximate surface area is 78.2 Å². The van der Waals surface area contributed by atoms with Gasteiger partial charge in [0.05, 0.1) is 6.07 Å². The third-order valence-electron chi connectivity index (χ3n) is 2.20. The Bertz CT molecular complexity index is 285. The van der Waals surface area contributed by atoms with Crippen molar-refractivity contribution in [2.24, 2.45) is 0 Å². The molecule has 0 aromatic carbocycles. The van der Waals surface area contributed by atoms with Crippen LogP contribution in [0.25, 0.3) is 0 Å². The number of nitrogens with zero attached hydrogens (tertiary/aromatic N) is 3. The summed E-state index contributed by atoms with van der Waals surface area (Å²) in [5, 5.41) is 15.9. The summed E-state index contributed by atoms with van der Waals surface area (Å²) >= 11 is 0. The summed E-state index contributed by atoms with van der Waals surface area (Å²) in [6.45, 7) is 2.65. The first-order valence-corrected chi connectivity index (χ1v) is 4.28. The summed E-state index contributed by atoms with van der Waals surface area (Å²) in [6.07, 6.45) is 4.39. The second-order valence-electron chi connectivity index (χ2n) is 3.21. The fraction of sp³-hybridized carbons (Fsp3) is 0.556. The molecule has 1 unspecified atom stereocenters. The minimum absolute atomic E-state index is 0.452. The molecular weight excluding hydrogens is 164 g/mol. The molecule has 1 aromatic rings. The third-order valence-corrected chi connectivity index (χ3v) is 2.20. The number of aryl methyl sites for hydroxylation is 1. The predicted octanol–water partition coefficient (Wildman–Crippen LogP) is 0.775. The van der Waals surface area contributed by atoms with Gasteiger partial charge in [-0.1, -0.05) is 0 Å². The van der Waals surface area contributed by atoms with Gasteiger partial charge in [-0.15, -0.1) is 0 Å². The molecule has 70 valence electrons. The van der Waals surface area contributed by atoms with E-state index in [1.807, 2.05) is 23.9 Å².